The fourth-order valence-corrected chi connectivity index (χ4v) is 2.60. The van der Waals surface area contributed by atoms with E-state index < -0.39 is 0 Å². The topological polar surface area (TPSA) is 42.2 Å². The maximum Gasteiger partial charge on any atom is 0.287 e. The highest BCUT2D eigenvalue weighted by molar-refractivity contribution is 9.10. The SMILES string of the molecule is Cc1cc(Br)oc1C(=O)NCCC(C)c1ccccc1. The minimum Gasteiger partial charge on any atom is -0.444 e. The van der Waals surface area contributed by atoms with Crippen molar-refractivity contribution in [2.45, 2.75) is 26.2 Å². The Hall–Kier alpha value is -1.55. The van der Waals surface area contributed by atoms with E-state index in [2.05, 4.69) is 40.3 Å². The summed E-state index contributed by atoms with van der Waals surface area (Å²) in [5.74, 6) is 0.638. The number of hydrogen-bond donors (Lipinski definition) is 1. The molecule has 20 heavy (non-hydrogen) atoms. The minimum atomic E-state index is -0.159. The predicted molar refractivity (Wildman–Crippen MR) is 83.0 cm³/mol. The molecule has 0 bridgehead atoms. The van der Waals surface area contributed by atoms with Crippen LogP contribution in [0.25, 0.3) is 0 Å². The molecule has 0 aliphatic heterocycles. The predicted octanol–water partition coefficient (Wildman–Crippen LogP) is 4.27. The summed E-state index contributed by atoms with van der Waals surface area (Å²) in [6.07, 6.45) is 0.899. The van der Waals surface area contributed by atoms with Crippen molar-refractivity contribution in [2.75, 3.05) is 6.54 Å². The van der Waals surface area contributed by atoms with Crippen LogP contribution >= 0.6 is 15.9 Å². The van der Waals surface area contributed by atoms with Crippen molar-refractivity contribution in [3.05, 3.63) is 58.0 Å². The number of carbonyl (C=O) groups is 1. The van der Waals surface area contributed by atoms with Crippen LogP contribution in [0.3, 0.4) is 0 Å². The fourth-order valence-electron chi connectivity index (χ4n) is 2.10. The molecule has 1 aromatic carbocycles. The van der Waals surface area contributed by atoms with Crippen LogP contribution in [0.2, 0.25) is 0 Å². The molecule has 0 radical (unpaired) electrons. The third kappa shape index (κ3) is 3.73. The molecular formula is C16H18BrNO2. The second kappa shape index (κ2) is 6.75. The third-order valence-corrected chi connectivity index (χ3v) is 3.72. The molecule has 106 valence electrons. The van der Waals surface area contributed by atoms with E-state index in [1.54, 1.807) is 6.07 Å². The van der Waals surface area contributed by atoms with Gasteiger partial charge in [-0.1, -0.05) is 37.3 Å². The van der Waals surface area contributed by atoms with Crippen LogP contribution in [0.4, 0.5) is 0 Å². The van der Waals surface area contributed by atoms with E-state index in [4.69, 9.17) is 4.42 Å². The number of aryl methyl sites for hydroxylation is 1. The van der Waals surface area contributed by atoms with Crippen molar-refractivity contribution < 1.29 is 9.21 Å². The summed E-state index contributed by atoms with van der Waals surface area (Å²) < 4.78 is 5.90. The van der Waals surface area contributed by atoms with E-state index in [0.29, 0.717) is 22.9 Å². The molecule has 0 aliphatic rings. The maximum atomic E-state index is 12.0. The normalized spacial score (nSPS) is 12.2. The highest BCUT2D eigenvalue weighted by Crippen LogP contribution is 2.20. The first kappa shape index (κ1) is 14.9. The van der Waals surface area contributed by atoms with Gasteiger partial charge < -0.3 is 9.73 Å². The molecule has 1 atom stereocenters. The van der Waals surface area contributed by atoms with Crippen LogP contribution in [0, 0.1) is 6.92 Å². The van der Waals surface area contributed by atoms with Gasteiger partial charge in [0, 0.05) is 12.1 Å². The Morgan fingerprint density at radius 3 is 2.65 bits per heavy atom. The van der Waals surface area contributed by atoms with Gasteiger partial charge in [-0.05, 0) is 46.8 Å². The van der Waals surface area contributed by atoms with Gasteiger partial charge in [-0.2, -0.15) is 0 Å². The number of nitrogens with one attached hydrogen (secondary N) is 1. The molecule has 0 saturated heterocycles. The summed E-state index contributed by atoms with van der Waals surface area (Å²) in [6.45, 7) is 4.65. The van der Waals surface area contributed by atoms with E-state index in [1.165, 1.54) is 5.56 Å². The molecule has 0 saturated carbocycles. The lowest BCUT2D eigenvalue weighted by Gasteiger charge is -2.12. The smallest absolute Gasteiger partial charge is 0.287 e. The Morgan fingerprint density at radius 1 is 1.35 bits per heavy atom. The number of amides is 1. The first-order valence-electron chi connectivity index (χ1n) is 6.67. The Labute approximate surface area is 127 Å². The Morgan fingerprint density at radius 2 is 2.05 bits per heavy atom. The molecule has 1 N–H and O–H groups in total. The van der Waals surface area contributed by atoms with E-state index in [1.807, 2.05) is 25.1 Å². The minimum absolute atomic E-state index is 0.159. The van der Waals surface area contributed by atoms with Crippen molar-refractivity contribution in [2.24, 2.45) is 0 Å². The van der Waals surface area contributed by atoms with Crippen molar-refractivity contribution >= 4 is 21.8 Å². The largest absolute Gasteiger partial charge is 0.444 e. The van der Waals surface area contributed by atoms with Crippen LogP contribution < -0.4 is 5.32 Å². The van der Waals surface area contributed by atoms with Crippen LogP contribution in [0.15, 0.2) is 45.5 Å². The van der Waals surface area contributed by atoms with Gasteiger partial charge in [0.25, 0.3) is 5.91 Å². The zero-order chi connectivity index (χ0) is 14.5. The van der Waals surface area contributed by atoms with Crippen molar-refractivity contribution in [1.29, 1.82) is 0 Å². The molecule has 4 heteroatoms. The lowest BCUT2D eigenvalue weighted by molar-refractivity contribution is 0.0923. The lowest BCUT2D eigenvalue weighted by Crippen LogP contribution is -2.25. The van der Waals surface area contributed by atoms with Gasteiger partial charge in [0.2, 0.25) is 0 Å². The van der Waals surface area contributed by atoms with Crippen molar-refractivity contribution in [3.8, 4) is 0 Å². The van der Waals surface area contributed by atoms with Gasteiger partial charge in [-0.25, -0.2) is 0 Å². The quantitative estimate of drug-likeness (QED) is 0.886. The number of hydrogen-bond acceptors (Lipinski definition) is 2. The Balaban J connectivity index is 1.84. The van der Waals surface area contributed by atoms with Crippen LogP contribution in [0.1, 0.15) is 40.9 Å². The summed E-state index contributed by atoms with van der Waals surface area (Å²) >= 11 is 3.23. The molecule has 0 aliphatic carbocycles. The van der Waals surface area contributed by atoms with E-state index in [0.717, 1.165) is 12.0 Å². The first-order valence-corrected chi connectivity index (χ1v) is 7.46. The molecular weight excluding hydrogens is 318 g/mol. The lowest BCUT2D eigenvalue weighted by atomic mass is 9.98. The second-order valence-electron chi connectivity index (χ2n) is 4.92. The maximum absolute atomic E-state index is 12.0. The number of furan rings is 1. The summed E-state index contributed by atoms with van der Waals surface area (Å²) in [4.78, 5) is 12.0. The van der Waals surface area contributed by atoms with Gasteiger partial charge in [-0.3, -0.25) is 4.79 Å². The average molecular weight is 336 g/mol. The first-order chi connectivity index (χ1) is 9.58. The third-order valence-electron chi connectivity index (χ3n) is 3.33. The van der Waals surface area contributed by atoms with Gasteiger partial charge in [0.15, 0.2) is 10.4 Å². The molecule has 1 aromatic heterocycles. The van der Waals surface area contributed by atoms with Crippen LogP contribution in [-0.2, 0) is 0 Å². The van der Waals surface area contributed by atoms with Gasteiger partial charge in [0.1, 0.15) is 0 Å². The van der Waals surface area contributed by atoms with Gasteiger partial charge in [-0.15, -0.1) is 0 Å². The Bertz CT molecular complexity index is 577. The van der Waals surface area contributed by atoms with E-state index in [-0.39, 0.29) is 5.91 Å². The van der Waals surface area contributed by atoms with Crippen molar-refractivity contribution in [3.63, 3.8) is 0 Å². The summed E-state index contributed by atoms with van der Waals surface area (Å²) in [5, 5.41) is 2.90. The number of carbonyl (C=O) groups excluding carboxylic acids is 1. The number of halogens is 1. The highest BCUT2D eigenvalue weighted by atomic mass is 79.9. The van der Waals surface area contributed by atoms with Crippen LogP contribution in [0.5, 0.6) is 0 Å². The monoisotopic (exact) mass is 335 g/mol. The molecule has 2 aromatic rings. The summed E-state index contributed by atoms with van der Waals surface area (Å²) in [5.41, 5.74) is 2.13. The summed E-state index contributed by atoms with van der Waals surface area (Å²) in [7, 11) is 0. The zero-order valence-electron chi connectivity index (χ0n) is 11.7. The van der Waals surface area contributed by atoms with Crippen LogP contribution in [-0.4, -0.2) is 12.5 Å². The summed E-state index contributed by atoms with van der Waals surface area (Å²) in [6, 6.07) is 12.1. The molecule has 3 nitrogen and oxygen atoms in total. The van der Waals surface area contributed by atoms with E-state index >= 15 is 0 Å². The molecule has 0 fully saturated rings. The molecule has 1 heterocycles. The molecule has 2 rings (SSSR count). The van der Waals surface area contributed by atoms with Gasteiger partial charge in [0.05, 0.1) is 0 Å². The van der Waals surface area contributed by atoms with E-state index in [9.17, 15) is 4.79 Å². The second-order valence-corrected chi connectivity index (χ2v) is 5.70. The fraction of sp³-hybridized carbons (Fsp3) is 0.312. The average Bonchev–Trinajstić information content (AvgIpc) is 2.78. The molecule has 1 unspecified atom stereocenters. The number of benzene rings is 1. The van der Waals surface area contributed by atoms with Crippen molar-refractivity contribution in [1.82, 2.24) is 5.32 Å². The van der Waals surface area contributed by atoms with Gasteiger partial charge >= 0.3 is 0 Å². The Kier molecular flexibility index (Phi) is 5.01. The zero-order valence-corrected chi connectivity index (χ0v) is 13.2. The highest BCUT2D eigenvalue weighted by Gasteiger charge is 2.14. The number of rotatable bonds is 5. The standard InChI is InChI=1S/C16H18BrNO2/c1-11(13-6-4-3-5-7-13)8-9-18-16(19)15-12(2)10-14(17)20-15/h3-7,10-11H,8-9H2,1-2H3,(H,18,19). The molecule has 1 amide bonds. The molecule has 0 spiro atoms.